The highest BCUT2D eigenvalue weighted by Crippen LogP contribution is 2.35. The van der Waals surface area contributed by atoms with E-state index in [1.807, 2.05) is 54.0 Å². The Morgan fingerprint density at radius 2 is 2.03 bits per heavy atom. The molecule has 5 rings (SSSR count). The topological polar surface area (TPSA) is 72.8 Å². The molecule has 0 spiro atoms. The van der Waals surface area contributed by atoms with Gasteiger partial charge in [0.25, 0.3) is 5.91 Å². The van der Waals surface area contributed by atoms with E-state index in [4.69, 9.17) is 9.47 Å². The third-order valence-electron chi connectivity index (χ3n) is 7.47. The molecule has 0 aliphatic carbocycles. The van der Waals surface area contributed by atoms with E-state index >= 15 is 0 Å². The Bertz CT molecular complexity index is 1230. The van der Waals surface area contributed by atoms with E-state index in [-0.39, 0.29) is 23.8 Å². The lowest BCUT2D eigenvalue weighted by Gasteiger charge is -2.45. The maximum atomic E-state index is 14.0. The molecule has 1 N–H and O–H groups in total. The predicted octanol–water partition coefficient (Wildman–Crippen LogP) is 3.96. The summed E-state index contributed by atoms with van der Waals surface area (Å²) in [7, 11) is 1.63. The molecule has 1 fully saturated rings. The number of hydrogen-bond acceptors (Lipinski definition) is 4. The van der Waals surface area contributed by atoms with Gasteiger partial charge in [0.15, 0.2) is 0 Å². The number of hydrogen-bond donors (Lipinski definition) is 1. The Labute approximate surface area is 206 Å². The molecule has 0 saturated carbocycles. The Kier molecular flexibility index (Phi) is 6.28. The summed E-state index contributed by atoms with van der Waals surface area (Å²) >= 11 is 0. The van der Waals surface area contributed by atoms with Crippen LogP contribution in [0.4, 0.5) is 0 Å². The normalized spacial score (nSPS) is 22.8. The first-order valence-electron chi connectivity index (χ1n) is 12.3. The first kappa shape index (κ1) is 23.4. The van der Waals surface area contributed by atoms with Gasteiger partial charge < -0.3 is 24.3 Å². The fraction of sp³-hybridized carbons (Fsp3) is 0.429. The highest BCUT2D eigenvalue weighted by atomic mass is 16.5. The third-order valence-corrected chi connectivity index (χ3v) is 7.47. The maximum absolute atomic E-state index is 14.0. The van der Waals surface area contributed by atoms with Crippen LogP contribution < -0.4 is 10.1 Å². The van der Waals surface area contributed by atoms with Crippen LogP contribution in [0.25, 0.3) is 10.9 Å². The van der Waals surface area contributed by atoms with Crippen molar-refractivity contribution in [3.8, 4) is 5.75 Å². The van der Waals surface area contributed by atoms with E-state index in [0.717, 1.165) is 41.7 Å². The van der Waals surface area contributed by atoms with Crippen molar-refractivity contribution in [2.75, 3.05) is 26.8 Å². The fourth-order valence-electron chi connectivity index (χ4n) is 5.31. The van der Waals surface area contributed by atoms with Crippen LogP contribution in [0.5, 0.6) is 5.75 Å². The molecule has 2 amide bonds. The summed E-state index contributed by atoms with van der Waals surface area (Å²) in [5.41, 5.74) is 1.57. The monoisotopic (exact) mass is 475 g/mol. The van der Waals surface area contributed by atoms with Crippen molar-refractivity contribution in [1.29, 1.82) is 0 Å². The Morgan fingerprint density at radius 3 is 2.74 bits per heavy atom. The number of amides is 2. The van der Waals surface area contributed by atoms with Crippen LogP contribution in [0.2, 0.25) is 0 Å². The number of nitrogens with zero attached hydrogens (tertiary/aromatic N) is 2. The van der Waals surface area contributed by atoms with Crippen molar-refractivity contribution in [1.82, 2.24) is 14.8 Å². The highest BCUT2D eigenvalue weighted by Gasteiger charge is 2.48. The van der Waals surface area contributed by atoms with E-state index in [1.165, 1.54) is 0 Å². The number of benzene rings is 2. The minimum Gasteiger partial charge on any atom is -0.497 e. The largest absolute Gasteiger partial charge is 0.497 e. The zero-order chi connectivity index (χ0) is 24.6. The van der Waals surface area contributed by atoms with Gasteiger partial charge in [0.1, 0.15) is 17.0 Å². The number of carbonyl (C=O) groups is 2. The number of nitrogens with one attached hydrogen (secondary N) is 1. The van der Waals surface area contributed by atoms with E-state index in [2.05, 4.69) is 24.4 Å². The van der Waals surface area contributed by atoms with Gasteiger partial charge in [0.2, 0.25) is 5.91 Å². The summed E-state index contributed by atoms with van der Waals surface area (Å²) < 4.78 is 13.1. The molecule has 3 heterocycles. The zero-order valence-electron chi connectivity index (χ0n) is 20.6. The van der Waals surface area contributed by atoms with Gasteiger partial charge in [-0.3, -0.25) is 9.59 Å². The van der Waals surface area contributed by atoms with E-state index in [9.17, 15) is 9.59 Å². The second kappa shape index (κ2) is 9.38. The summed E-state index contributed by atoms with van der Waals surface area (Å²) in [6, 6.07) is 17.8. The summed E-state index contributed by atoms with van der Waals surface area (Å²) in [5, 5.41) is 4.05. The molecular weight excluding hydrogens is 442 g/mol. The van der Waals surface area contributed by atoms with Gasteiger partial charge in [-0.15, -0.1) is 0 Å². The van der Waals surface area contributed by atoms with Crippen molar-refractivity contribution >= 4 is 22.7 Å². The van der Waals surface area contributed by atoms with Gasteiger partial charge in [0, 0.05) is 31.1 Å². The number of fused-ring (bicyclic) bond motifs is 3. The molecule has 35 heavy (non-hydrogen) atoms. The fourth-order valence-corrected chi connectivity index (χ4v) is 5.31. The minimum absolute atomic E-state index is 0.0331. The molecule has 2 aliphatic rings. The third kappa shape index (κ3) is 4.29. The van der Waals surface area contributed by atoms with Crippen molar-refractivity contribution < 1.29 is 19.1 Å². The summed E-state index contributed by atoms with van der Waals surface area (Å²) in [6.45, 7) is 5.97. The highest BCUT2D eigenvalue weighted by molar-refractivity contribution is 6.03. The second-order valence-electron chi connectivity index (χ2n) is 9.89. The smallest absolute Gasteiger partial charge is 0.271 e. The average molecular weight is 476 g/mol. The Morgan fingerprint density at radius 1 is 1.23 bits per heavy atom. The molecule has 2 aromatic carbocycles. The number of methoxy groups -OCH3 is 1. The van der Waals surface area contributed by atoms with Crippen molar-refractivity contribution in [2.45, 2.75) is 50.8 Å². The van der Waals surface area contributed by atoms with Crippen LogP contribution >= 0.6 is 0 Å². The van der Waals surface area contributed by atoms with E-state index in [1.54, 1.807) is 12.0 Å². The Balaban J connectivity index is 1.51. The molecule has 7 heteroatoms. The molecule has 1 saturated heterocycles. The van der Waals surface area contributed by atoms with Gasteiger partial charge >= 0.3 is 0 Å². The Hall–Kier alpha value is -3.32. The maximum Gasteiger partial charge on any atom is 0.271 e. The van der Waals surface area contributed by atoms with Gasteiger partial charge in [-0.25, -0.2) is 0 Å². The number of carbonyl (C=O) groups excluding carboxylic acids is 2. The molecule has 2 aliphatic heterocycles. The van der Waals surface area contributed by atoms with Gasteiger partial charge in [0.05, 0.1) is 25.3 Å². The number of rotatable bonds is 7. The molecule has 184 valence electrons. The lowest BCUT2D eigenvalue weighted by Crippen LogP contribution is -2.64. The molecule has 3 aromatic rings. The molecule has 0 bridgehead atoms. The summed E-state index contributed by atoms with van der Waals surface area (Å²) in [4.78, 5) is 29.5. The number of ether oxygens (including phenoxy) is 2. The second-order valence-corrected chi connectivity index (χ2v) is 9.89. The average Bonchev–Trinajstić information content (AvgIpc) is 3.53. The molecule has 0 radical (unpaired) electrons. The van der Waals surface area contributed by atoms with E-state index in [0.29, 0.717) is 25.3 Å². The summed E-state index contributed by atoms with van der Waals surface area (Å²) in [5.74, 6) is 0.498. The molecule has 3 atom stereocenters. The predicted molar refractivity (Wildman–Crippen MR) is 135 cm³/mol. The van der Waals surface area contributed by atoms with Crippen LogP contribution in [0.1, 0.15) is 48.7 Å². The zero-order valence-corrected chi connectivity index (χ0v) is 20.6. The van der Waals surface area contributed by atoms with Crippen LogP contribution in [0.3, 0.4) is 0 Å². The lowest BCUT2D eigenvalue weighted by molar-refractivity contribution is -0.133. The van der Waals surface area contributed by atoms with Crippen molar-refractivity contribution in [3.05, 3.63) is 65.9 Å². The van der Waals surface area contributed by atoms with Crippen LogP contribution in [-0.2, 0) is 16.1 Å². The van der Waals surface area contributed by atoms with Crippen LogP contribution in [-0.4, -0.2) is 59.7 Å². The molecule has 0 unspecified atom stereocenters. The lowest BCUT2D eigenvalue weighted by atomic mass is 9.91. The minimum atomic E-state index is -1.05. The van der Waals surface area contributed by atoms with Crippen molar-refractivity contribution in [2.24, 2.45) is 0 Å². The van der Waals surface area contributed by atoms with Gasteiger partial charge in [-0.1, -0.05) is 37.3 Å². The number of aromatic nitrogens is 1. The van der Waals surface area contributed by atoms with E-state index < -0.39 is 5.54 Å². The quantitative estimate of drug-likeness (QED) is 0.561. The SMILES string of the molecule is COc1ccc2cc3n(c2c1)C[C@](C)(C(=O)NC[C@H]1CCCO1)N(C[C@H](C)c1ccccc1)C3=O. The molecule has 7 nitrogen and oxygen atoms in total. The van der Waals surface area contributed by atoms with Gasteiger partial charge in [-0.2, -0.15) is 0 Å². The molecule has 1 aromatic heterocycles. The standard InChI is InChI=1S/C28H33N3O4/c1-19(20-8-5-4-6-9-20)17-31-26(32)25-14-21-11-12-22(34-3)15-24(21)30(25)18-28(31,2)27(33)29-16-23-10-7-13-35-23/h4-6,8-9,11-12,14-15,19,23H,7,10,13,16-18H2,1-3H3,(H,29,33)/t19-,23+,28+/m0/s1. The van der Waals surface area contributed by atoms with Crippen LogP contribution in [0, 0.1) is 0 Å². The molecular formula is C28H33N3O4. The van der Waals surface area contributed by atoms with Gasteiger partial charge in [-0.05, 0) is 49.4 Å². The first-order valence-corrected chi connectivity index (χ1v) is 12.3. The van der Waals surface area contributed by atoms with Crippen LogP contribution in [0.15, 0.2) is 54.6 Å². The van der Waals surface area contributed by atoms with Crippen molar-refractivity contribution in [3.63, 3.8) is 0 Å². The summed E-state index contributed by atoms with van der Waals surface area (Å²) in [6.07, 6.45) is 1.99. The first-order chi connectivity index (χ1) is 16.9.